The molecule has 1 N–H and O–H groups in total. The van der Waals surface area contributed by atoms with Crippen LogP contribution in [0, 0.1) is 25.7 Å². The molecule has 0 aromatic heterocycles. The second-order valence-electron chi connectivity index (χ2n) is 7.58. The quantitative estimate of drug-likeness (QED) is 0.757. The van der Waals surface area contributed by atoms with Crippen molar-refractivity contribution in [1.29, 1.82) is 0 Å². The van der Waals surface area contributed by atoms with E-state index in [2.05, 4.69) is 5.32 Å². The van der Waals surface area contributed by atoms with Gasteiger partial charge >= 0.3 is 0 Å². The van der Waals surface area contributed by atoms with Gasteiger partial charge in [0.2, 0.25) is 17.7 Å². The summed E-state index contributed by atoms with van der Waals surface area (Å²) < 4.78 is 0. The third kappa shape index (κ3) is 3.91. The van der Waals surface area contributed by atoms with E-state index in [-0.39, 0.29) is 29.6 Å². The molecule has 1 aliphatic carbocycles. The molecule has 3 atom stereocenters. The molecule has 1 aromatic rings. The van der Waals surface area contributed by atoms with Crippen LogP contribution in [-0.2, 0) is 14.4 Å². The van der Waals surface area contributed by atoms with Gasteiger partial charge in [-0.15, -0.1) is 0 Å². The van der Waals surface area contributed by atoms with E-state index in [9.17, 15) is 14.4 Å². The van der Waals surface area contributed by atoms with E-state index < -0.39 is 6.04 Å². The number of carbonyl (C=O) groups excluding carboxylic acids is 3. The minimum atomic E-state index is -0.733. The van der Waals surface area contributed by atoms with E-state index in [1.165, 1.54) is 4.90 Å². The van der Waals surface area contributed by atoms with Gasteiger partial charge in [0, 0.05) is 5.69 Å². The third-order valence-corrected chi connectivity index (χ3v) is 6.59. The lowest BCUT2D eigenvalue weighted by molar-refractivity contribution is -0.146. The summed E-state index contributed by atoms with van der Waals surface area (Å²) in [4.78, 5) is 40.3. The molecule has 1 saturated heterocycles. The number of fused-ring (bicyclic) bond motifs is 1. The average molecular weight is 389 g/mol. The number of rotatable bonds is 6. The molecule has 0 spiro atoms. The van der Waals surface area contributed by atoms with Crippen LogP contribution in [0.4, 0.5) is 5.69 Å². The van der Waals surface area contributed by atoms with Crippen LogP contribution in [0.1, 0.15) is 43.2 Å². The van der Waals surface area contributed by atoms with E-state index in [1.54, 1.807) is 11.8 Å². The molecule has 27 heavy (non-hydrogen) atoms. The van der Waals surface area contributed by atoms with Gasteiger partial charge in [-0.2, -0.15) is 11.8 Å². The Morgan fingerprint density at radius 3 is 2.41 bits per heavy atom. The number of likely N-dealkylation sites (tertiary alicyclic amines) is 1. The number of amides is 3. The fourth-order valence-corrected chi connectivity index (χ4v) is 4.66. The van der Waals surface area contributed by atoms with Gasteiger partial charge in [0.25, 0.3) is 0 Å². The van der Waals surface area contributed by atoms with Crippen LogP contribution in [0.3, 0.4) is 0 Å². The van der Waals surface area contributed by atoms with Crippen molar-refractivity contribution in [2.24, 2.45) is 11.8 Å². The number of hydrogen-bond acceptors (Lipinski definition) is 4. The number of aryl methyl sites for hydroxylation is 1. The highest BCUT2D eigenvalue weighted by atomic mass is 32.2. The molecule has 3 amide bonds. The SMILES string of the molecule is CSCCC(C(=O)Nc1cccc(C)c1C)N1C(=O)C2CCCCC2C1=O. The van der Waals surface area contributed by atoms with Crippen molar-refractivity contribution in [1.82, 2.24) is 4.90 Å². The molecule has 6 heteroatoms. The Morgan fingerprint density at radius 2 is 1.81 bits per heavy atom. The molecule has 0 radical (unpaired) electrons. The second-order valence-corrected chi connectivity index (χ2v) is 8.56. The van der Waals surface area contributed by atoms with Crippen molar-refractivity contribution in [3.8, 4) is 0 Å². The molecule has 1 aliphatic heterocycles. The number of anilines is 1. The first kappa shape index (κ1) is 19.9. The minimum absolute atomic E-state index is 0.146. The number of benzene rings is 1. The summed E-state index contributed by atoms with van der Waals surface area (Å²) in [6.07, 6.45) is 5.94. The van der Waals surface area contributed by atoms with Gasteiger partial charge in [0.15, 0.2) is 0 Å². The number of imide groups is 1. The Labute approximate surface area is 165 Å². The number of nitrogens with zero attached hydrogens (tertiary/aromatic N) is 1. The van der Waals surface area contributed by atoms with Crippen molar-refractivity contribution < 1.29 is 14.4 Å². The maximum absolute atomic E-state index is 13.1. The summed E-state index contributed by atoms with van der Waals surface area (Å²) in [5.41, 5.74) is 2.83. The van der Waals surface area contributed by atoms with Crippen molar-refractivity contribution in [3.63, 3.8) is 0 Å². The lowest BCUT2D eigenvalue weighted by atomic mass is 9.81. The van der Waals surface area contributed by atoms with Gasteiger partial charge in [0.1, 0.15) is 6.04 Å². The molecule has 1 saturated carbocycles. The molecule has 146 valence electrons. The predicted octanol–water partition coefficient (Wildman–Crippen LogP) is 3.54. The Balaban J connectivity index is 1.84. The first-order valence-corrected chi connectivity index (χ1v) is 11.1. The van der Waals surface area contributed by atoms with Crippen molar-refractivity contribution >= 4 is 35.2 Å². The molecule has 3 rings (SSSR count). The smallest absolute Gasteiger partial charge is 0.247 e. The number of nitrogens with one attached hydrogen (secondary N) is 1. The summed E-state index contributed by atoms with van der Waals surface area (Å²) in [6, 6.07) is 5.02. The summed E-state index contributed by atoms with van der Waals surface area (Å²) in [6.45, 7) is 3.96. The Kier molecular flexibility index (Phi) is 6.25. The van der Waals surface area contributed by atoms with E-state index in [4.69, 9.17) is 0 Å². The van der Waals surface area contributed by atoms with Crippen molar-refractivity contribution in [3.05, 3.63) is 29.3 Å². The lowest BCUT2D eigenvalue weighted by Gasteiger charge is -2.26. The number of thioether (sulfide) groups is 1. The molecular formula is C21H28N2O3S. The average Bonchev–Trinajstić information content (AvgIpc) is 2.91. The van der Waals surface area contributed by atoms with E-state index in [0.29, 0.717) is 6.42 Å². The molecule has 2 aliphatic rings. The van der Waals surface area contributed by atoms with E-state index in [1.807, 2.05) is 38.3 Å². The van der Waals surface area contributed by atoms with Crippen LogP contribution in [-0.4, -0.2) is 40.7 Å². The minimum Gasteiger partial charge on any atom is -0.324 e. The Bertz CT molecular complexity index is 725. The van der Waals surface area contributed by atoms with Crippen LogP contribution >= 0.6 is 11.8 Å². The first-order valence-electron chi connectivity index (χ1n) is 9.68. The van der Waals surface area contributed by atoms with Crippen LogP contribution in [0.5, 0.6) is 0 Å². The molecule has 0 bridgehead atoms. The largest absolute Gasteiger partial charge is 0.324 e. The van der Waals surface area contributed by atoms with Gasteiger partial charge in [0.05, 0.1) is 11.8 Å². The number of hydrogen-bond donors (Lipinski definition) is 1. The maximum Gasteiger partial charge on any atom is 0.247 e. The highest BCUT2D eigenvalue weighted by Crippen LogP contribution is 2.39. The van der Waals surface area contributed by atoms with E-state index in [0.717, 1.165) is 48.3 Å². The van der Waals surface area contributed by atoms with Gasteiger partial charge in [-0.05, 0) is 62.3 Å². The van der Waals surface area contributed by atoms with Gasteiger partial charge in [-0.25, -0.2) is 0 Å². The van der Waals surface area contributed by atoms with Crippen LogP contribution in [0.25, 0.3) is 0 Å². The monoisotopic (exact) mass is 388 g/mol. The van der Waals surface area contributed by atoms with Gasteiger partial charge < -0.3 is 5.32 Å². The molecule has 3 unspecified atom stereocenters. The molecule has 2 fully saturated rings. The molecule has 5 nitrogen and oxygen atoms in total. The van der Waals surface area contributed by atoms with E-state index >= 15 is 0 Å². The summed E-state index contributed by atoms with van der Waals surface area (Å²) in [5.74, 6) is -0.290. The normalized spacial score (nSPS) is 23.3. The highest BCUT2D eigenvalue weighted by Gasteiger charge is 2.51. The maximum atomic E-state index is 13.1. The van der Waals surface area contributed by atoms with Crippen LogP contribution in [0.15, 0.2) is 18.2 Å². The molecular weight excluding hydrogens is 360 g/mol. The zero-order chi connectivity index (χ0) is 19.6. The van der Waals surface area contributed by atoms with Crippen LogP contribution in [0.2, 0.25) is 0 Å². The fraction of sp³-hybridized carbons (Fsp3) is 0.571. The summed E-state index contributed by atoms with van der Waals surface area (Å²) in [7, 11) is 0. The second kappa shape index (κ2) is 8.46. The summed E-state index contributed by atoms with van der Waals surface area (Å²) >= 11 is 1.62. The zero-order valence-corrected chi connectivity index (χ0v) is 17.1. The fourth-order valence-electron chi connectivity index (χ4n) is 4.20. The van der Waals surface area contributed by atoms with Gasteiger partial charge in [-0.3, -0.25) is 19.3 Å². The first-order chi connectivity index (χ1) is 13.0. The van der Waals surface area contributed by atoms with Crippen molar-refractivity contribution in [2.75, 3.05) is 17.3 Å². The zero-order valence-electron chi connectivity index (χ0n) is 16.3. The Hall–Kier alpha value is -1.82. The Morgan fingerprint density at radius 1 is 1.19 bits per heavy atom. The standard InChI is InChI=1S/C21H28N2O3S/c1-13-7-6-10-17(14(13)2)22-19(24)18(11-12-27-3)23-20(25)15-8-4-5-9-16(15)21(23)26/h6-7,10,15-16,18H,4-5,8-9,11-12H2,1-3H3,(H,22,24). The number of carbonyl (C=O) groups is 3. The van der Waals surface area contributed by atoms with Crippen molar-refractivity contribution in [2.45, 2.75) is 52.0 Å². The topological polar surface area (TPSA) is 66.5 Å². The highest BCUT2D eigenvalue weighted by molar-refractivity contribution is 7.98. The lowest BCUT2D eigenvalue weighted by Crippen LogP contribution is -2.48. The molecule has 1 aromatic carbocycles. The summed E-state index contributed by atoms with van der Waals surface area (Å²) in [5, 5.41) is 2.97. The third-order valence-electron chi connectivity index (χ3n) is 5.95. The van der Waals surface area contributed by atoms with Crippen LogP contribution < -0.4 is 5.32 Å². The predicted molar refractivity (Wildman–Crippen MR) is 109 cm³/mol. The molecule has 1 heterocycles. The van der Waals surface area contributed by atoms with Gasteiger partial charge in [-0.1, -0.05) is 25.0 Å².